The van der Waals surface area contributed by atoms with Crippen LogP contribution in [0.5, 0.6) is 0 Å². The number of pyridine rings is 1. The molecule has 9 heteroatoms. The Labute approximate surface area is 164 Å². The molecule has 0 radical (unpaired) electrons. The van der Waals surface area contributed by atoms with Crippen molar-refractivity contribution in [3.8, 4) is 11.3 Å². The van der Waals surface area contributed by atoms with E-state index in [1.54, 1.807) is 36.7 Å². The van der Waals surface area contributed by atoms with E-state index >= 15 is 0 Å². The molecular weight excluding hydrogens is 387 g/mol. The van der Waals surface area contributed by atoms with E-state index < -0.39 is 5.51 Å². The van der Waals surface area contributed by atoms with Crippen molar-refractivity contribution in [3.63, 3.8) is 0 Å². The van der Waals surface area contributed by atoms with Gasteiger partial charge in [0, 0.05) is 40.6 Å². The van der Waals surface area contributed by atoms with Crippen molar-refractivity contribution in [2.45, 2.75) is 30.3 Å². The van der Waals surface area contributed by atoms with Gasteiger partial charge >= 0.3 is 5.51 Å². The second-order valence-corrected chi connectivity index (χ2v) is 7.34. The fourth-order valence-corrected chi connectivity index (χ4v) is 3.01. The summed E-state index contributed by atoms with van der Waals surface area (Å²) in [5, 5.41) is 6.21. The minimum Gasteiger partial charge on any atom is -0.352 e. The average Bonchev–Trinajstić information content (AvgIpc) is 2.60. The van der Waals surface area contributed by atoms with E-state index in [0.717, 1.165) is 5.56 Å². The van der Waals surface area contributed by atoms with Crippen LogP contribution in [0.3, 0.4) is 0 Å². The molecule has 1 aromatic carbocycles. The summed E-state index contributed by atoms with van der Waals surface area (Å²) < 4.78 is 37.9. The number of benzene rings is 1. The molecule has 28 heavy (non-hydrogen) atoms. The quantitative estimate of drug-likeness (QED) is 0.512. The monoisotopic (exact) mass is 405 g/mol. The molecule has 0 fully saturated rings. The zero-order valence-corrected chi connectivity index (χ0v) is 16.0. The Morgan fingerprint density at radius 3 is 2.54 bits per heavy atom. The van der Waals surface area contributed by atoms with Crippen LogP contribution in [-0.2, 0) is 0 Å². The highest BCUT2D eigenvalue weighted by molar-refractivity contribution is 8.00. The van der Waals surface area contributed by atoms with Crippen molar-refractivity contribution < 1.29 is 13.2 Å². The number of nitrogens with zero attached hydrogens (tertiary/aromatic N) is 3. The fourth-order valence-electron chi connectivity index (χ4n) is 2.42. The Kier molecular flexibility index (Phi) is 6.03. The van der Waals surface area contributed by atoms with Crippen LogP contribution in [0.2, 0.25) is 0 Å². The maximum Gasteiger partial charge on any atom is 0.446 e. The van der Waals surface area contributed by atoms with Crippen LogP contribution in [0.4, 0.5) is 30.6 Å². The van der Waals surface area contributed by atoms with Gasteiger partial charge in [-0.25, -0.2) is 4.98 Å². The topological polar surface area (TPSA) is 62.7 Å². The number of halogens is 3. The number of hydrogen-bond acceptors (Lipinski definition) is 6. The van der Waals surface area contributed by atoms with Crippen molar-refractivity contribution >= 4 is 29.2 Å². The smallest absolute Gasteiger partial charge is 0.352 e. The predicted molar refractivity (Wildman–Crippen MR) is 106 cm³/mol. The molecule has 0 atom stereocenters. The van der Waals surface area contributed by atoms with Gasteiger partial charge in [-0.1, -0.05) is 6.07 Å². The molecule has 146 valence electrons. The third-order valence-corrected chi connectivity index (χ3v) is 4.16. The summed E-state index contributed by atoms with van der Waals surface area (Å²) in [6, 6.07) is 11.6. The number of alkyl halides is 3. The molecule has 0 bridgehead atoms. The molecule has 0 unspecified atom stereocenters. The Morgan fingerprint density at radius 2 is 1.86 bits per heavy atom. The third-order valence-electron chi connectivity index (χ3n) is 3.44. The highest BCUT2D eigenvalue weighted by Gasteiger charge is 2.29. The molecule has 5 nitrogen and oxygen atoms in total. The van der Waals surface area contributed by atoms with Crippen LogP contribution in [0, 0.1) is 0 Å². The Hall–Kier alpha value is -2.81. The highest BCUT2D eigenvalue weighted by atomic mass is 32.2. The molecule has 0 amide bonds. The zero-order chi connectivity index (χ0) is 20.1. The molecule has 0 spiro atoms. The van der Waals surface area contributed by atoms with Crippen LogP contribution < -0.4 is 10.6 Å². The van der Waals surface area contributed by atoms with Gasteiger partial charge in [0.1, 0.15) is 5.82 Å². The molecule has 0 aliphatic rings. The van der Waals surface area contributed by atoms with Gasteiger partial charge in [-0.15, -0.1) is 0 Å². The number of hydrogen-bond donors (Lipinski definition) is 2. The van der Waals surface area contributed by atoms with E-state index in [9.17, 15) is 13.2 Å². The van der Waals surface area contributed by atoms with Gasteiger partial charge in [-0.05, 0) is 55.9 Å². The van der Waals surface area contributed by atoms with E-state index in [4.69, 9.17) is 0 Å². The lowest BCUT2D eigenvalue weighted by atomic mass is 10.2. The minimum absolute atomic E-state index is 0.0968. The second-order valence-electron chi connectivity index (χ2n) is 6.20. The molecule has 2 heterocycles. The van der Waals surface area contributed by atoms with Gasteiger partial charge in [0.2, 0.25) is 5.95 Å². The van der Waals surface area contributed by atoms with Crippen LogP contribution in [0.25, 0.3) is 11.3 Å². The summed E-state index contributed by atoms with van der Waals surface area (Å²) in [7, 11) is 0. The van der Waals surface area contributed by atoms with Gasteiger partial charge in [0.05, 0.1) is 5.69 Å². The SMILES string of the molecule is CC(C)Nc1nc(Nc2cccc(SC(F)(F)F)c2)cc(-c2cccnc2)n1. The van der Waals surface area contributed by atoms with Gasteiger partial charge in [-0.2, -0.15) is 18.2 Å². The van der Waals surface area contributed by atoms with E-state index in [0.29, 0.717) is 23.1 Å². The van der Waals surface area contributed by atoms with Crippen molar-refractivity contribution in [1.29, 1.82) is 0 Å². The third kappa shape index (κ3) is 5.85. The molecule has 0 saturated carbocycles. The summed E-state index contributed by atoms with van der Waals surface area (Å²) in [6.07, 6.45) is 3.35. The first-order valence-corrected chi connectivity index (χ1v) is 9.29. The minimum atomic E-state index is -4.34. The molecule has 2 aromatic heterocycles. The van der Waals surface area contributed by atoms with Crippen molar-refractivity contribution in [2.24, 2.45) is 0 Å². The van der Waals surface area contributed by atoms with Crippen molar-refractivity contribution in [3.05, 3.63) is 54.9 Å². The lowest BCUT2D eigenvalue weighted by Crippen LogP contribution is -2.13. The summed E-state index contributed by atoms with van der Waals surface area (Å²) in [6.45, 7) is 3.93. The van der Waals surface area contributed by atoms with Crippen LogP contribution in [0.1, 0.15) is 13.8 Å². The zero-order valence-electron chi connectivity index (χ0n) is 15.2. The summed E-state index contributed by atoms with van der Waals surface area (Å²) >= 11 is -0.156. The molecule has 0 aliphatic heterocycles. The second kappa shape index (κ2) is 8.47. The molecular formula is C19H18F3N5S. The number of aromatic nitrogens is 3. The van der Waals surface area contributed by atoms with E-state index in [2.05, 4.69) is 25.6 Å². The number of thioether (sulfide) groups is 1. The standard InChI is InChI=1S/C19H18F3N5S/c1-12(2)24-18-26-16(13-5-4-8-23-11-13)10-17(27-18)25-14-6-3-7-15(9-14)28-19(20,21)22/h3-12H,1-2H3,(H2,24,25,26,27). The summed E-state index contributed by atoms with van der Waals surface area (Å²) in [4.78, 5) is 13.1. The van der Waals surface area contributed by atoms with Gasteiger partial charge in [-0.3, -0.25) is 4.98 Å². The fraction of sp³-hybridized carbons (Fsp3) is 0.211. The van der Waals surface area contributed by atoms with Crippen molar-refractivity contribution in [1.82, 2.24) is 15.0 Å². The van der Waals surface area contributed by atoms with Gasteiger partial charge in [0.15, 0.2) is 0 Å². The molecule has 3 aromatic rings. The first-order valence-electron chi connectivity index (χ1n) is 8.47. The van der Waals surface area contributed by atoms with E-state index in [-0.39, 0.29) is 22.7 Å². The molecule has 0 saturated heterocycles. The lowest BCUT2D eigenvalue weighted by molar-refractivity contribution is -0.0328. The lowest BCUT2D eigenvalue weighted by Gasteiger charge is -2.13. The van der Waals surface area contributed by atoms with Crippen LogP contribution in [0.15, 0.2) is 59.8 Å². The first-order chi connectivity index (χ1) is 13.3. The first kappa shape index (κ1) is 19.9. The molecule has 3 rings (SSSR count). The van der Waals surface area contributed by atoms with Gasteiger partial charge < -0.3 is 10.6 Å². The number of anilines is 3. The highest BCUT2D eigenvalue weighted by Crippen LogP contribution is 2.37. The average molecular weight is 405 g/mol. The Bertz CT molecular complexity index is 932. The van der Waals surface area contributed by atoms with Crippen molar-refractivity contribution in [2.75, 3.05) is 10.6 Å². The van der Waals surface area contributed by atoms with E-state index in [1.165, 1.54) is 12.1 Å². The summed E-state index contributed by atoms with van der Waals surface area (Å²) in [5.74, 6) is 0.880. The Morgan fingerprint density at radius 1 is 1.04 bits per heavy atom. The maximum absolute atomic E-state index is 12.6. The summed E-state index contributed by atoms with van der Waals surface area (Å²) in [5.41, 5.74) is -2.38. The van der Waals surface area contributed by atoms with Crippen LogP contribution in [-0.4, -0.2) is 26.5 Å². The molecule has 2 N–H and O–H groups in total. The predicted octanol–water partition coefficient (Wildman–Crippen LogP) is 5.71. The molecule has 0 aliphatic carbocycles. The number of rotatable bonds is 6. The van der Waals surface area contributed by atoms with E-state index in [1.807, 2.05) is 19.9 Å². The number of nitrogens with one attached hydrogen (secondary N) is 2. The maximum atomic E-state index is 12.6. The Balaban J connectivity index is 1.92. The normalized spacial score (nSPS) is 11.5. The largest absolute Gasteiger partial charge is 0.446 e. The van der Waals surface area contributed by atoms with Crippen LogP contribution >= 0.6 is 11.8 Å². The van der Waals surface area contributed by atoms with Gasteiger partial charge in [0.25, 0.3) is 0 Å².